The van der Waals surface area contributed by atoms with Crippen LogP contribution in [-0.2, 0) is 13.1 Å². The van der Waals surface area contributed by atoms with Gasteiger partial charge in [0.15, 0.2) is 0 Å². The summed E-state index contributed by atoms with van der Waals surface area (Å²) >= 11 is 0. The summed E-state index contributed by atoms with van der Waals surface area (Å²) in [5, 5.41) is 0. The van der Waals surface area contributed by atoms with E-state index in [-0.39, 0.29) is 0 Å². The first kappa shape index (κ1) is 24.9. The van der Waals surface area contributed by atoms with Crippen LogP contribution in [0.15, 0.2) is 36.7 Å². The predicted molar refractivity (Wildman–Crippen MR) is 142 cm³/mol. The molecule has 4 heterocycles. The minimum atomic E-state index is 0.618. The van der Waals surface area contributed by atoms with Crippen LogP contribution in [-0.4, -0.2) is 71.1 Å². The largest absolute Gasteiger partial charge is 0.372 e. The lowest BCUT2D eigenvalue weighted by atomic mass is 10.0. The van der Waals surface area contributed by atoms with Crippen molar-refractivity contribution in [2.75, 3.05) is 49.1 Å². The third kappa shape index (κ3) is 5.72. The molecular formula is C28H44N6. The van der Waals surface area contributed by atoms with E-state index >= 15 is 0 Å². The molecule has 34 heavy (non-hydrogen) atoms. The normalized spacial score (nSPS) is 21.3. The van der Waals surface area contributed by atoms with Gasteiger partial charge in [0, 0.05) is 75.1 Å². The zero-order valence-electron chi connectivity index (χ0n) is 21.8. The SMILES string of the molecule is CCN(CC)c1ccnc(CN2CCCC2C2CCCN2Cc2cc(N(CC)CC)ccn2)c1. The number of likely N-dealkylation sites (tertiary alicyclic amines) is 2. The number of nitrogens with zero attached hydrogens (tertiary/aromatic N) is 6. The highest BCUT2D eigenvalue weighted by Gasteiger charge is 2.37. The second-order valence-electron chi connectivity index (χ2n) is 9.72. The second-order valence-corrected chi connectivity index (χ2v) is 9.72. The molecule has 0 amide bonds. The number of aromatic nitrogens is 2. The molecule has 0 radical (unpaired) electrons. The molecule has 0 bridgehead atoms. The number of hydrogen-bond donors (Lipinski definition) is 0. The smallest absolute Gasteiger partial charge is 0.0564 e. The van der Waals surface area contributed by atoms with Crippen LogP contribution < -0.4 is 9.80 Å². The van der Waals surface area contributed by atoms with Gasteiger partial charge in [0.1, 0.15) is 0 Å². The molecule has 0 spiro atoms. The van der Waals surface area contributed by atoms with Gasteiger partial charge in [0.2, 0.25) is 0 Å². The minimum Gasteiger partial charge on any atom is -0.372 e. The topological polar surface area (TPSA) is 38.7 Å². The quantitative estimate of drug-likeness (QED) is 0.476. The highest BCUT2D eigenvalue weighted by atomic mass is 15.3. The molecular weight excluding hydrogens is 420 g/mol. The van der Waals surface area contributed by atoms with Crippen molar-refractivity contribution in [3.8, 4) is 0 Å². The van der Waals surface area contributed by atoms with Crippen LogP contribution in [0.25, 0.3) is 0 Å². The Hall–Kier alpha value is -2.18. The number of rotatable bonds is 11. The van der Waals surface area contributed by atoms with Gasteiger partial charge in [-0.3, -0.25) is 19.8 Å². The first-order chi connectivity index (χ1) is 16.7. The lowest BCUT2D eigenvalue weighted by Crippen LogP contribution is -2.45. The molecule has 4 rings (SSSR count). The summed E-state index contributed by atoms with van der Waals surface area (Å²) < 4.78 is 0. The maximum Gasteiger partial charge on any atom is 0.0564 e. The van der Waals surface area contributed by atoms with Crippen LogP contribution in [0.4, 0.5) is 11.4 Å². The fourth-order valence-corrected chi connectivity index (χ4v) is 6.06. The Labute approximate surface area is 207 Å². The summed E-state index contributed by atoms with van der Waals surface area (Å²) in [6.07, 6.45) is 9.16. The van der Waals surface area contributed by atoms with Gasteiger partial charge in [-0.05, 0) is 90.7 Å². The van der Waals surface area contributed by atoms with Crippen LogP contribution in [0, 0.1) is 0 Å². The maximum absolute atomic E-state index is 4.75. The van der Waals surface area contributed by atoms with E-state index in [0.29, 0.717) is 12.1 Å². The molecule has 0 aliphatic carbocycles. The van der Waals surface area contributed by atoms with Crippen LogP contribution in [0.5, 0.6) is 0 Å². The van der Waals surface area contributed by atoms with E-state index in [4.69, 9.17) is 9.97 Å². The molecule has 186 valence electrons. The molecule has 0 N–H and O–H groups in total. The summed E-state index contributed by atoms with van der Waals surface area (Å²) in [4.78, 5) is 19.7. The van der Waals surface area contributed by atoms with E-state index in [1.807, 2.05) is 12.4 Å². The van der Waals surface area contributed by atoms with E-state index < -0.39 is 0 Å². The number of pyridine rings is 2. The lowest BCUT2D eigenvalue weighted by molar-refractivity contribution is 0.122. The van der Waals surface area contributed by atoms with Crippen LogP contribution in [0.1, 0.15) is 64.8 Å². The van der Waals surface area contributed by atoms with Gasteiger partial charge in [-0.1, -0.05) is 0 Å². The van der Waals surface area contributed by atoms with E-state index in [1.54, 1.807) is 0 Å². The monoisotopic (exact) mass is 464 g/mol. The average Bonchev–Trinajstić information content (AvgIpc) is 3.50. The fraction of sp³-hybridized carbons (Fsp3) is 0.643. The van der Waals surface area contributed by atoms with Gasteiger partial charge in [-0.25, -0.2) is 0 Å². The van der Waals surface area contributed by atoms with Crippen molar-refractivity contribution in [1.82, 2.24) is 19.8 Å². The average molecular weight is 465 g/mol. The molecule has 6 heteroatoms. The molecule has 2 aromatic rings. The van der Waals surface area contributed by atoms with Gasteiger partial charge in [-0.15, -0.1) is 0 Å². The Morgan fingerprint density at radius 1 is 0.706 bits per heavy atom. The Bertz CT molecular complexity index is 820. The van der Waals surface area contributed by atoms with E-state index in [9.17, 15) is 0 Å². The summed E-state index contributed by atoms with van der Waals surface area (Å²) in [6, 6.07) is 10.1. The number of anilines is 2. The summed E-state index contributed by atoms with van der Waals surface area (Å²) in [5.41, 5.74) is 5.00. The molecule has 2 atom stereocenters. The van der Waals surface area contributed by atoms with Crippen molar-refractivity contribution in [2.24, 2.45) is 0 Å². The van der Waals surface area contributed by atoms with Gasteiger partial charge >= 0.3 is 0 Å². The predicted octanol–water partition coefficient (Wildman–Crippen LogP) is 4.80. The molecule has 2 unspecified atom stereocenters. The van der Waals surface area contributed by atoms with Crippen molar-refractivity contribution in [3.63, 3.8) is 0 Å². The van der Waals surface area contributed by atoms with E-state index in [2.05, 4.69) is 71.6 Å². The van der Waals surface area contributed by atoms with Crippen molar-refractivity contribution < 1.29 is 0 Å². The van der Waals surface area contributed by atoms with Gasteiger partial charge < -0.3 is 9.80 Å². The Morgan fingerprint density at radius 2 is 1.12 bits per heavy atom. The van der Waals surface area contributed by atoms with Crippen molar-refractivity contribution in [2.45, 2.75) is 78.6 Å². The van der Waals surface area contributed by atoms with Crippen molar-refractivity contribution in [1.29, 1.82) is 0 Å². The first-order valence-electron chi connectivity index (χ1n) is 13.5. The molecule has 2 aliphatic rings. The molecule has 0 aromatic carbocycles. The third-order valence-electron chi connectivity index (χ3n) is 7.86. The number of hydrogen-bond acceptors (Lipinski definition) is 6. The van der Waals surface area contributed by atoms with E-state index in [0.717, 1.165) is 39.3 Å². The Kier molecular flexibility index (Phi) is 8.79. The van der Waals surface area contributed by atoms with Gasteiger partial charge in [0.05, 0.1) is 11.4 Å². The zero-order valence-corrected chi connectivity index (χ0v) is 21.8. The van der Waals surface area contributed by atoms with Crippen molar-refractivity contribution >= 4 is 11.4 Å². The van der Waals surface area contributed by atoms with Gasteiger partial charge in [-0.2, -0.15) is 0 Å². The first-order valence-corrected chi connectivity index (χ1v) is 13.5. The standard InChI is InChI=1S/C28H44N6/c1-5-31(6-2)25-13-15-29-23(19-25)21-33-17-9-11-27(33)28-12-10-18-34(28)22-24-20-26(14-16-30-24)32(7-3)8-4/h13-16,19-20,27-28H,5-12,17-18,21-22H2,1-4H3. The molecule has 0 saturated carbocycles. The summed E-state index contributed by atoms with van der Waals surface area (Å²) in [5.74, 6) is 0. The second kappa shape index (κ2) is 12.0. The minimum absolute atomic E-state index is 0.618. The van der Waals surface area contributed by atoms with Crippen molar-refractivity contribution in [3.05, 3.63) is 48.0 Å². The molecule has 2 saturated heterocycles. The zero-order chi connectivity index (χ0) is 23.9. The lowest BCUT2D eigenvalue weighted by Gasteiger charge is -2.35. The Balaban J connectivity index is 1.44. The third-order valence-corrected chi connectivity index (χ3v) is 7.86. The highest BCUT2D eigenvalue weighted by Crippen LogP contribution is 2.32. The fourth-order valence-electron chi connectivity index (χ4n) is 6.06. The molecule has 2 aliphatic heterocycles. The summed E-state index contributed by atoms with van der Waals surface area (Å²) in [6.45, 7) is 17.3. The van der Waals surface area contributed by atoms with Crippen LogP contribution in [0.3, 0.4) is 0 Å². The molecule has 6 nitrogen and oxygen atoms in total. The van der Waals surface area contributed by atoms with Crippen LogP contribution in [0.2, 0.25) is 0 Å². The van der Waals surface area contributed by atoms with Crippen LogP contribution >= 0.6 is 0 Å². The van der Waals surface area contributed by atoms with Gasteiger partial charge in [0.25, 0.3) is 0 Å². The molecule has 2 fully saturated rings. The maximum atomic E-state index is 4.75. The van der Waals surface area contributed by atoms with E-state index in [1.165, 1.54) is 61.5 Å². The Morgan fingerprint density at radius 3 is 1.50 bits per heavy atom. The summed E-state index contributed by atoms with van der Waals surface area (Å²) in [7, 11) is 0. The highest BCUT2D eigenvalue weighted by molar-refractivity contribution is 5.47. The molecule has 2 aromatic heterocycles.